The maximum absolute atomic E-state index is 13.3. The van der Waals surface area contributed by atoms with Gasteiger partial charge in [-0.2, -0.15) is 0 Å². The van der Waals surface area contributed by atoms with Gasteiger partial charge in [0.2, 0.25) is 0 Å². The minimum absolute atomic E-state index is 0.0814. The average Bonchev–Trinajstić information content (AvgIpc) is 3.38. The van der Waals surface area contributed by atoms with Gasteiger partial charge in [-0.25, -0.2) is 0 Å². The van der Waals surface area contributed by atoms with Crippen molar-refractivity contribution >= 4 is 11.8 Å². The van der Waals surface area contributed by atoms with Crippen molar-refractivity contribution in [3.63, 3.8) is 0 Å². The van der Waals surface area contributed by atoms with Gasteiger partial charge in [-0.05, 0) is 37.5 Å². The highest BCUT2D eigenvalue weighted by Crippen LogP contribution is 2.23. The van der Waals surface area contributed by atoms with Gasteiger partial charge in [0.15, 0.2) is 0 Å². The normalized spacial score (nSPS) is 11.4. The standard InChI is InChI=1S/C66H124N2O3/c1-4-7-10-13-15-17-19-21-23-25-27-29-31-33-35-37-39-41-43-45-47-49-51-53-58-67-65(69)62-56-57-63(64(61-62)71-60-55-12-9-6-3)66(70)68-59-54-52-50-48-46-44-42-40-38-36-34-32-30-28-26-24-22-20-18-16-14-11-8-5-2/h56-57,61H,4-55,58-60H2,1-3H3,(H,67,69)(H,68,70). The van der Waals surface area contributed by atoms with Gasteiger partial charge in [0, 0.05) is 18.7 Å². The van der Waals surface area contributed by atoms with E-state index in [2.05, 4.69) is 31.4 Å². The number of ether oxygens (including phenoxy) is 1. The Kier molecular flexibility index (Phi) is 52.5. The first-order valence-corrected chi connectivity index (χ1v) is 32.5. The van der Waals surface area contributed by atoms with Crippen LogP contribution >= 0.6 is 0 Å². The van der Waals surface area contributed by atoms with Crippen LogP contribution in [0.3, 0.4) is 0 Å². The number of nitrogens with one attached hydrogen (secondary N) is 2. The van der Waals surface area contributed by atoms with Crippen molar-refractivity contribution in [3.05, 3.63) is 29.3 Å². The summed E-state index contributed by atoms with van der Waals surface area (Å²) < 4.78 is 6.17. The molecular weight excluding hydrogens is 869 g/mol. The van der Waals surface area contributed by atoms with Gasteiger partial charge in [-0.15, -0.1) is 0 Å². The van der Waals surface area contributed by atoms with Crippen molar-refractivity contribution in [2.24, 2.45) is 0 Å². The van der Waals surface area contributed by atoms with Gasteiger partial charge in [-0.3, -0.25) is 9.59 Å². The molecule has 0 aromatic heterocycles. The number of rotatable bonds is 58. The zero-order chi connectivity index (χ0) is 51.0. The minimum atomic E-state index is -0.102. The summed E-state index contributed by atoms with van der Waals surface area (Å²) >= 11 is 0. The molecule has 0 fully saturated rings. The molecule has 0 aliphatic carbocycles. The van der Waals surface area contributed by atoms with Crippen molar-refractivity contribution in [1.82, 2.24) is 10.6 Å². The van der Waals surface area contributed by atoms with Crippen LogP contribution in [0.25, 0.3) is 0 Å². The summed E-state index contributed by atoms with van der Waals surface area (Å²) in [4.78, 5) is 26.5. The second-order valence-electron chi connectivity index (χ2n) is 22.4. The van der Waals surface area contributed by atoms with Gasteiger partial charge in [0.05, 0.1) is 12.2 Å². The second kappa shape index (κ2) is 55.7. The lowest BCUT2D eigenvalue weighted by molar-refractivity contribution is 0.0937. The van der Waals surface area contributed by atoms with Gasteiger partial charge >= 0.3 is 0 Å². The molecule has 2 amide bonds. The van der Waals surface area contributed by atoms with Gasteiger partial charge in [0.25, 0.3) is 11.8 Å². The van der Waals surface area contributed by atoms with E-state index in [1.807, 2.05) is 0 Å². The predicted molar refractivity (Wildman–Crippen MR) is 314 cm³/mol. The minimum Gasteiger partial charge on any atom is -0.493 e. The second-order valence-corrected chi connectivity index (χ2v) is 22.4. The topological polar surface area (TPSA) is 67.4 Å². The number of amides is 2. The Labute approximate surface area is 444 Å². The smallest absolute Gasteiger partial charge is 0.255 e. The maximum atomic E-state index is 13.3. The van der Waals surface area contributed by atoms with E-state index < -0.39 is 0 Å². The molecule has 0 saturated heterocycles. The molecule has 71 heavy (non-hydrogen) atoms. The maximum Gasteiger partial charge on any atom is 0.255 e. The average molecular weight is 994 g/mol. The van der Waals surface area contributed by atoms with Crippen molar-refractivity contribution in [2.45, 2.75) is 355 Å². The summed E-state index contributed by atoms with van der Waals surface area (Å²) in [6.45, 7) is 8.73. The molecule has 416 valence electrons. The van der Waals surface area contributed by atoms with Gasteiger partial charge in [0.1, 0.15) is 5.75 Å². The van der Waals surface area contributed by atoms with E-state index in [0.29, 0.717) is 36.6 Å². The van der Waals surface area contributed by atoms with Crippen molar-refractivity contribution in [2.75, 3.05) is 19.7 Å². The van der Waals surface area contributed by atoms with Crippen LogP contribution in [-0.4, -0.2) is 31.5 Å². The zero-order valence-corrected chi connectivity index (χ0v) is 48.3. The van der Waals surface area contributed by atoms with Crippen LogP contribution in [0.15, 0.2) is 18.2 Å². The molecule has 1 aromatic rings. The molecule has 0 bridgehead atoms. The van der Waals surface area contributed by atoms with Crippen LogP contribution in [-0.2, 0) is 0 Å². The summed E-state index contributed by atoms with van der Waals surface area (Å²) in [7, 11) is 0. The molecule has 1 rings (SSSR count). The highest BCUT2D eigenvalue weighted by molar-refractivity contribution is 6.00. The summed E-state index contributed by atoms with van der Waals surface area (Å²) in [5.41, 5.74) is 1.10. The monoisotopic (exact) mass is 993 g/mol. The van der Waals surface area contributed by atoms with Crippen LogP contribution < -0.4 is 15.4 Å². The fraction of sp³-hybridized carbons (Fsp3) is 0.879. The molecule has 0 heterocycles. The first-order chi connectivity index (χ1) is 35.1. The first kappa shape index (κ1) is 67.0. The Morgan fingerprint density at radius 1 is 0.310 bits per heavy atom. The van der Waals surface area contributed by atoms with Crippen LogP contribution in [0, 0.1) is 0 Å². The number of hydrogen-bond donors (Lipinski definition) is 2. The molecule has 0 radical (unpaired) electrons. The quantitative estimate of drug-likeness (QED) is 0.0639. The van der Waals surface area contributed by atoms with Crippen LogP contribution in [0.1, 0.15) is 375 Å². The van der Waals surface area contributed by atoms with E-state index in [-0.39, 0.29) is 11.8 Å². The van der Waals surface area contributed by atoms with E-state index in [0.717, 1.165) is 38.5 Å². The molecular formula is C66H124N2O3. The summed E-state index contributed by atoms with van der Waals surface area (Å²) in [5, 5.41) is 6.27. The third-order valence-electron chi connectivity index (χ3n) is 15.4. The van der Waals surface area contributed by atoms with Gasteiger partial charge < -0.3 is 15.4 Å². The molecule has 0 atom stereocenters. The molecule has 0 aliphatic heterocycles. The van der Waals surface area contributed by atoms with Crippen LogP contribution in [0.2, 0.25) is 0 Å². The molecule has 0 spiro atoms. The molecule has 5 heteroatoms. The van der Waals surface area contributed by atoms with E-state index >= 15 is 0 Å². The number of benzene rings is 1. The Balaban J connectivity index is 2.08. The van der Waals surface area contributed by atoms with Gasteiger partial charge in [-0.1, -0.05) is 335 Å². The van der Waals surface area contributed by atoms with E-state index in [1.54, 1.807) is 18.2 Å². The summed E-state index contributed by atoms with van der Waals surface area (Å²) in [6, 6.07) is 5.35. The van der Waals surface area contributed by atoms with Crippen LogP contribution in [0.5, 0.6) is 5.75 Å². The molecule has 2 N–H and O–H groups in total. The number of carbonyl (C=O) groups excluding carboxylic acids is 2. The lowest BCUT2D eigenvalue weighted by atomic mass is 10.0. The fourth-order valence-corrected chi connectivity index (χ4v) is 10.5. The highest BCUT2D eigenvalue weighted by Gasteiger charge is 2.16. The summed E-state index contributed by atoms with van der Waals surface area (Å²) in [6.07, 6.45) is 70.9. The van der Waals surface area contributed by atoms with E-state index in [4.69, 9.17) is 4.74 Å². The lowest BCUT2D eigenvalue weighted by Gasteiger charge is -2.14. The molecule has 0 aliphatic rings. The van der Waals surface area contributed by atoms with Crippen LogP contribution in [0.4, 0.5) is 0 Å². The molecule has 0 saturated carbocycles. The lowest BCUT2D eigenvalue weighted by Crippen LogP contribution is -2.26. The molecule has 1 aromatic carbocycles. The summed E-state index contributed by atoms with van der Waals surface area (Å²) in [5.74, 6) is 0.345. The number of unbranched alkanes of at least 4 members (excludes halogenated alkanes) is 49. The van der Waals surface area contributed by atoms with Crippen molar-refractivity contribution < 1.29 is 14.3 Å². The Morgan fingerprint density at radius 2 is 0.549 bits per heavy atom. The Bertz CT molecular complexity index is 1250. The largest absolute Gasteiger partial charge is 0.493 e. The predicted octanol–water partition coefficient (Wildman–Crippen LogP) is 21.9. The number of hydrogen-bond acceptors (Lipinski definition) is 3. The highest BCUT2D eigenvalue weighted by atomic mass is 16.5. The van der Waals surface area contributed by atoms with E-state index in [9.17, 15) is 9.59 Å². The zero-order valence-electron chi connectivity index (χ0n) is 48.3. The third kappa shape index (κ3) is 46.2. The first-order valence-electron chi connectivity index (χ1n) is 32.5. The Hall–Kier alpha value is -2.04. The molecule has 5 nitrogen and oxygen atoms in total. The Morgan fingerprint density at radius 3 is 0.831 bits per heavy atom. The number of carbonyl (C=O) groups is 2. The SMILES string of the molecule is CCCCCCCCCCCCCCCCCCCCCCCCCCNC(=O)c1ccc(C(=O)NCCCCCCCCCCCCCCCCCCCCCCCCCC)c(OCCCCCC)c1. The van der Waals surface area contributed by atoms with Crippen molar-refractivity contribution in [1.29, 1.82) is 0 Å². The van der Waals surface area contributed by atoms with Crippen molar-refractivity contribution in [3.8, 4) is 5.75 Å². The van der Waals surface area contributed by atoms with E-state index in [1.165, 1.54) is 295 Å². The third-order valence-corrected chi connectivity index (χ3v) is 15.4. The fourth-order valence-electron chi connectivity index (χ4n) is 10.5. The molecule has 0 unspecified atom stereocenters.